The fourth-order valence-electron chi connectivity index (χ4n) is 3.26. The van der Waals surface area contributed by atoms with Gasteiger partial charge in [-0.15, -0.1) is 0 Å². The molecule has 25 heavy (non-hydrogen) atoms. The Labute approximate surface area is 147 Å². The van der Waals surface area contributed by atoms with Gasteiger partial charge in [-0.1, -0.05) is 12.1 Å². The lowest BCUT2D eigenvalue weighted by molar-refractivity contribution is -0.143. The number of carbonyl (C=O) groups excluding carboxylic acids is 1. The van der Waals surface area contributed by atoms with Gasteiger partial charge in [0.25, 0.3) is 0 Å². The molecule has 2 unspecified atom stereocenters. The molecule has 1 amide bonds. The molecule has 1 fully saturated rings. The average molecular weight is 344 g/mol. The summed E-state index contributed by atoms with van der Waals surface area (Å²) in [6.45, 7) is 6.98. The number of ether oxygens (including phenoxy) is 2. The standard InChI is InChI=1S/C19H24N2O4/c1-12-10-24-11-13(2)21(12)18(22)9-16-14(3)25-19(20-16)15-7-5-6-8-17(15)23-4/h5-8,12-13H,9-11H2,1-4H3. The Bertz CT molecular complexity index is 746. The maximum atomic E-state index is 12.8. The molecule has 3 rings (SSSR count). The molecular formula is C19H24N2O4. The molecule has 1 aliphatic heterocycles. The maximum Gasteiger partial charge on any atom is 0.230 e. The van der Waals surface area contributed by atoms with E-state index in [-0.39, 0.29) is 24.4 Å². The number of carbonyl (C=O) groups is 1. The summed E-state index contributed by atoms with van der Waals surface area (Å²) >= 11 is 0. The van der Waals surface area contributed by atoms with Gasteiger partial charge < -0.3 is 18.8 Å². The van der Waals surface area contributed by atoms with Crippen molar-refractivity contribution in [3.63, 3.8) is 0 Å². The predicted molar refractivity (Wildman–Crippen MR) is 93.5 cm³/mol. The molecule has 2 heterocycles. The van der Waals surface area contributed by atoms with Crippen molar-refractivity contribution < 1.29 is 18.7 Å². The number of aromatic nitrogens is 1. The van der Waals surface area contributed by atoms with Crippen molar-refractivity contribution in [1.29, 1.82) is 0 Å². The quantitative estimate of drug-likeness (QED) is 0.853. The van der Waals surface area contributed by atoms with Crippen LogP contribution in [0, 0.1) is 6.92 Å². The molecule has 0 N–H and O–H groups in total. The lowest BCUT2D eigenvalue weighted by Gasteiger charge is -2.38. The third kappa shape index (κ3) is 3.54. The Morgan fingerprint density at radius 1 is 1.28 bits per heavy atom. The van der Waals surface area contributed by atoms with E-state index in [1.54, 1.807) is 7.11 Å². The fraction of sp³-hybridized carbons (Fsp3) is 0.474. The lowest BCUT2D eigenvalue weighted by Crippen LogP contribution is -2.53. The third-order valence-electron chi connectivity index (χ3n) is 4.50. The van der Waals surface area contributed by atoms with E-state index in [0.717, 1.165) is 5.56 Å². The molecule has 2 atom stereocenters. The number of amides is 1. The molecule has 0 bridgehead atoms. The number of benzene rings is 1. The smallest absolute Gasteiger partial charge is 0.230 e. The van der Waals surface area contributed by atoms with Crippen LogP contribution in [0.5, 0.6) is 5.75 Å². The summed E-state index contributed by atoms with van der Waals surface area (Å²) in [6, 6.07) is 7.68. The summed E-state index contributed by atoms with van der Waals surface area (Å²) in [4.78, 5) is 19.2. The van der Waals surface area contributed by atoms with Gasteiger partial charge in [0.05, 0.1) is 50.1 Å². The largest absolute Gasteiger partial charge is 0.496 e. The van der Waals surface area contributed by atoms with Gasteiger partial charge in [-0.3, -0.25) is 4.79 Å². The minimum Gasteiger partial charge on any atom is -0.496 e. The van der Waals surface area contributed by atoms with Crippen molar-refractivity contribution in [2.45, 2.75) is 39.3 Å². The molecule has 6 heteroatoms. The summed E-state index contributed by atoms with van der Waals surface area (Å²) < 4.78 is 16.7. The van der Waals surface area contributed by atoms with E-state index in [4.69, 9.17) is 13.9 Å². The second-order valence-electron chi connectivity index (χ2n) is 6.44. The molecule has 0 aliphatic carbocycles. The molecule has 1 aromatic carbocycles. The average Bonchev–Trinajstić information content (AvgIpc) is 2.95. The van der Waals surface area contributed by atoms with Gasteiger partial charge in [-0.25, -0.2) is 4.98 Å². The highest BCUT2D eigenvalue weighted by molar-refractivity contribution is 5.79. The molecule has 0 saturated carbocycles. The van der Waals surface area contributed by atoms with Gasteiger partial charge in [0, 0.05) is 0 Å². The number of aryl methyl sites for hydroxylation is 1. The summed E-state index contributed by atoms with van der Waals surface area (Å²) in [7, 11) is 1.61. The van der Waals surface area contributed by atoms with E-state index in [2.05, 4.69) is 4.98 Å². The van der Waals surface area contributed by atoms with E-state index in [1.165, 1.54) is 0 Å². The molecule has 0 spiro atoms. The van der Waals surface area contributed by atoms with Crippen LogP contribution in [0.3, 0.4) is 0 Å². The summed E-state index contributed by atoms with van der Waals surface area (Å²) in [5, 5.41) is 0. The molecule has 1 aliphatic rings. The minimum atomic E-state index is 0.0475. The van der Waals surface area contributed by atoms with Gasteiger partial charge >= 0.3 is 0 Å². The molecule has 0 radical (unpaired) electrons. The minimum absolute atomic E-state index is 0.0475. The first-order valence-corrected chi connectivity index (χ1v) is 8.49. The highest BCUT2D eigenvalue weighted by Crippen LogP contribution is 2.30. The Morgan fingerprint density at radius 3 is 2.64 bits per heavy atom. The first-order chi connectivity index (χ1) is 12.0. The topological polar surface area (TPSA) is 64.8 Å². The van der Waals surface area contributed by atoms with Crippen LogP contribution in [0.25, 0.3) is 11.5 Å². The Balaban J connectivity index is 1.82. The van der Waals surface area contributed by atoms with Gasteiger partial charge in [0.15, 0.2) is 0 Å². The normalized spacial score (nSPS) is 20.6. The first kappa shape index (κ1) is 17.5. The summed E-state index contributed by atoms with van der Waals surface area (Å²) in [5.41, 5.74) is 1.44. The van der Waals surface area contributed by atoms with Gasteiger partial charge in [0.2, 0.25) is 11.8 Å². The van der Waals surface area contributed by atoms with Crippen LogP contribution >= 0.6 is 0 Å². The van der Waals surface area contributed by atoms with E-state index < -0.39 is 0 Å². The van der Waals surface area contributed by atoms with E-state index in [9.17, 15) is 4.79 Å². The van der Waals surface area contributed by atoms with Crippen molar-refractivity contribution in [3.8, 4) is 17.2 Å². The van der Waals surface area contributed by atoms with Crippen LogP contribution in [-0.2, 0) is 16.0 Å². The number of para-hydroxylation sites is 1. The molecule has 6 nitrogen and oxygen atoms in total. The Morgan fingerprint density at radius 2 is 1.96 bits per heavy atom. The van der Waals surface area contributed by atoms with Gasteiger partial charge in [0.1, 0.15) is 11.5 Å². The number of methoxy groups -OCH3 is 1. The van der Waals surface area contributed by atoms with Gasteiger partial charge in [-0.05, 0) is 32.9 Å². The number of rotatable bonds is 4. The Kier molecular flexibility index (Phi) is 5.08. The molecule has 1 aromatic heterocycles. The van der Waals surface area contributed by atoms with Crippen LogP contribution < -0.4 is 4.74 Å². The number of hydrogen-bond donors (Lipinski definition) is 0. The fourth-order valence-corrected chi connectivity index (χ4v) is 3.26. The predicted octanol–water partition coefficient (Wildman–Crippen LogP) is 2.84. The molecule has 2 aromatic rings. The number of hydrogen-bond acceptors (Lipinski definition) is 5. The zero-order chi connectivity index (χ0) is 18.0. The SMILES string of the molecule is COc1ccccc1-c1nc(CC(=O)N2C(C)COCC2C)c(C)o1. The number of morpholine rings is 1. The number of oxazole rings is 1. The highest BCUT2D eigenvalue weighted by atomic mass is 16.5. The monoisotopic (exact) mass is 344 g/mol. The highest BCUT2D eigenvalue weighted by Gasteiger charge is 2.30. The molecule has 1 saturated heterocycles. The van der Waals surface area contributed by atoms with E-state index in [1.807, 2.05) is 49.9 Å². The van der Waals surface area contributed by atoms with Crippen LogP contribution in [0.4, 0.5) is 0 Å². The zero-order valence-corrected chi connectivity index (χ0v) is 15.1. The molecule has 134 valence electrons. The van der Waals surface area contributed by atoms with Gasteiger partial charge in [-0.2, -0.15) is 0 Å². The van der Waals surface area contributed by atoms with Crippen LogP contribution in [-0.4, -0.2) is 48.2 Å². The molecular weight excluding hydrogens is 320 g/mol. The van der Waals surface area contributed by atoms with Crippen molar-refractivity contribution in [1.82, 2.24) is 9.88 Å². The van der Waals surface area contributed by atoms with Crippen molar-refractivity contribution in [3.05, 3.63) is 35.7 Å². The second-order valence-corrected chi connectivity index (χ2v) is 6.44. The Hall–Kier alpha value is -2.34. The lowest BCUT2D eigenvalue weighted by atomic mass is 10.1. The summed E-state index contributed by atoms with van der Waals surface area (Å²) in [6.07, 6.45) is 0.221. The maximum absolute atomic E-state index is 12.8. The zero-order valence-electron chi connectivity index (χ0n) is 15.1. The van der Waals surface area contributed by atoms with Crippen molar-refractivity contribution in [2.24, 2.45) is 0 Å². The van der Waals surface area contributed by atoms with Crippen molar-refractivity contribution in [2.75, 3.05) is 20.3 Å². The number of nitrogens with zero attached hydrogens (tertiary/aromatic N) is 2. The summed E-state index contributed by atoms with van der Waals surface area (Å²) in [5.74, 6) is 1.87. The first-order valence-electron chi connectivity index (χ1n) is 8.49. The van der Waals surface area contributed by atoms with E-state index in [0.29, 0.717) is 36.3 Å². The van der Waals surface area contributed by atoms with Crippen LogP contribution in [0.1, 0.15) is 25.3 Å². The van der Waals surface area contributed by atoms with Crippen molar-refractivity contribution >= 4 is 5.91 Å². The van der Waals surface area contributed by atoms with Crippen LogP contribution in [0.2, 0.25) is 0 Å². The third-order valence-corrected chi connectivity index (χ3v) is 4.50. The van der Waals surface area contributed by atoms with E-state index >= 15 is 0 Å². The van der Waals surface area contributed by atoms with Crippen LogP contribution in [0.15, 0.2) is 28.7 Å². The second kappa shape index (κ2) is 7.27.